The van der Waals surface area contributed by atoms with Crippen LogP contribution in [0.5, 0.6) is 5.75 Å². The number of halogens is 2. The maximum Gasteiger partial charge on any atom is 0.124 e. The Morgan fingerprint density at radius 1 is 1.00 bits per heavy atom. The first-order valence-corrected chi connectivity index (χ1v) is 10.3. The van der Waals surface area contributed by atoms with Gasteiger partial charge in [-0.25, -0.2) is 4.39 Å². The Kier molecular flexibility index (Phi) is 7.70. The minimum Gasteiger partial charge on any atom is -0.488 e. The Hall–Kier alpha value is -2.10. The van der Waals surface area contributed by atoms with Gasteiger partial charge in [0.15, 0.2) is 0 Å². The molecule has 1 N–H and O–H groups in total. The predicted octanol–water partition coefficient (Wildman–Crippen LogP) is 6.88. The molecule has 28 heavy (non-hydrogen) atoms. The first-order valence-electron chi connectivity index (χ1n) is 9.97. The number of rotatable bonds is 10. The third-order valence-electron chi connectivity index (χ3n) is 4.90. The highest BCUT2D eigenvalue weighted by Gasteiger charge is 2.10. The van der Waals surface area contributed by atoms with Crippen LogP contribution < -0.4 is 10.1 Å². The zero-order valence-electron chi connectivity index (χ0n) is 16.3. The molecule has 3 aromatic carbocycles. The summed E-state index contributed by atoms with van der Waals surface area (Å²) in [4.78, 5) is 0. The van der Waals surface area contributed by atoms with Gasteiger partial charge in [-0.2, -0.15) is 0 Å². The molecule has 2 nitrogen and oxygen atoms in total. The lowest BCUT2D eigenvalue weighted by atomic mass is 10.0. The Labute approximate surface area is 171 Å². The average molecular weight is 400 g/mol. The van der Waals surface area contributed by atoms with Gasteiger partial charge < -0.3 is 10.1 Å². The van der Waals surface area contributed by atoms with Gasteiger partial charge in [0.2, 0.25) is 0 Å². The Bertz CT molecular complexity index is 912. The van der Waals surface area contributed by atoms with E-state index in [0.717, 1.165) is 30.0 Å². The summed E-state index contributed by atoms with van der Waals surface area (Å²) in [6, 6.07) is 16.8. The highest BCUT2D eigenvalue weighted by molar-refractivity contribution is 6.31. The second kappa shape index (κ2) is 10.4. The molecule has 0 unspecified atom stereocenters. The van der Waals surface area contributed by atoms with E-state index < -0.39 is 0 Å². The summed E-state index contributed by atoms with van der Waals surface area (Å²) in [5.41, 5.74) is 1.92. The van der Waals surface area contributed by atoms with Gasteiger partial charge in [0.1, 0.15) is 18.2 Å². The summed E-state index contributed by atoms with van der Waals surface area (Å²) < 4.78 is 19.4. The van der Waals surface area contributed by atoms with Crippen LogP contribution in [-0.4, -0.2) is 6.54 Å². The Morgan fingerprint density at radius 2 is 1.86 bits per heavy atom. The maximum absolute atomic E-state index is 13.3. The average Bonchev–Trinajstić information content (AvgIpc) is 2.70. The molecule has 0 heterocycles. The summed E-state index contributed by atoms with van der Waals surface area (Å²) in [5, 5.41) is 6.32. The van der Waals surface area contributed by atoms with Gasteiger partial charge in [-0.1, -0.05) is 74.2 Å². The zero-order valence-corrected chi connectivity index (χ0v) is 17.1. The van der Waals surface area contributed by atoms with Crippen LogP contribution in [0, 0.1) is 5.82 Å². The van der Waals surface area contributed by atoms with Crippen LogP contribution in [0.4, 0.5) is 4.39 Å². The summed E-state index contributed by atoms with van der Waals surface area (Å²) in [7, 11) is 0. The maximum atomic E-state index is 13.3. The number of unbranched alkanes of at least 4 members (excludes halogenated alkanes) is 3. The van der Waals surface area contributed by atoms with Crippen LogP contribution in [0.3, 0.4) is 0 Å². The quantitative estimate of drug-likeness (QED) is 0.375. The van der Waals surface area contributed by atoms with Crippen molar-refractivity contribution in [1.29, 1.82) is 0 Å². The normalized spacial score (nSPS) is 11.1. The molecule has 0 fully saturated rings. The van der Waals surface area contributed by atoms with E-state index in [4.69, 9.17) is 16.3 Å². The van der Waals surface area contributed by atoms with Crippen LogP contribution in [0.2, 0.25) is 5.02 Å². The Balaban J connectivity index is 1.74. The molecular weight excluding hydrogens is 373 g/mol. The van der Waals surface area contributed by atoms with Crippen LogP contribution in [0.15, 0.2) is 54.6 Å². The van der Waals surface area contributed by atoms with Crippen LogP contribution >= 0.6 is 11.6 Å². The molecule has 0 aliphatic rings. The van der Waals surface area contributed by atoms with Crippen molar-refractivity contribution in [2.45, 2.75) is 45.8 Å². The molecule has 0 saturated carbocycles. The number of nitrogens with one attached hydrogen (secondary N) is 1. The molecule has 0 aliphatic heterocycles. The fraction of sp³-hybridized carbons (Fsp3) is 0.333. The topological polar surface area (TPSA) is 21.3 Å². The molecule has 3 rings (SSSR count). The largest absolute Gasteiger partial charge is 0.488 e. The molecule has 0 radical (unpaired) electrons. The monoisotopic (exact) mass is 399 g/mol. The predicted molar refractivity (Wildman–Crippen MR) is 116 cm³/mol. The van der Waals surface area contributed by atoms with Crippen molar-refractivity contribution in [1.82, 2.24) is 5.32 Å². The molecule has 0 bridgehead atoms. The lowest BCUT2D eigenvalue weighted by Gasteiger charge is -2.16. The van der Waals surface area contributed by atoms with Crippen molar-refractivity contribution >= 4 is 22.4 Å². The molecular formula is C24H27ClFNO. The Morgan fingerprint density at radius 3 is 2.68 bits per heavy atom. The van der Waals surface area contributed by atoms with Crippen molar-refractivity contribution < 1.29 is 9.13 Å². The lowest BCUT2D eigenvalue weighted by Crippen LogP contribution is -2.16. The minimum absolute atomic E-state index is 0.307. The van der Waals surface area contributed by atoms with Crippen LogP contribution in [0.25, 0.3) is 10.8 Å². The smallest absolute Gasteiger partial charge is 0.124 e. The lowest BCUT2D eigenvalue weighted by molar-refractivity contribution is 0.302. The van der Waals surface area contributed by atoms with Gasteiger partial charge >= 0.3 is 0 Å². The van der Waals surface area contributed by atoms with Gasteiger partial charge in [0.25, 0.3) is 0 Å². The molecule has 0 spiro atoms. The third-order valence-corrected chi connectivity index (χ3v) is 5.26. The minimum atomic E-state index is -0.340. The summed E-state index contributed by atoms with van der Waals surface area (Å²) in [5.74, 6) is 0.493. The van der Waals surface area contributed by atoms with E-state index in [1.165, 1.54) is 48.6 Å². The summed E-state index contributed by atoms with van der Waals surface area (Å²) >= 11 is 6.14. The fourth-order valence-corrected chi connectivity index (χ4v) is 3.54. The molecule has 0 saturated heterocycles. The van der Waals surface area contributed by atoms with Gasteiger partial charge in [0.05, 0.1) is 5.02 Å². The van der Waals surface area contributed by atoms with Crippen LogP contribution in [-0.2, 0) is 13.2 Å². The molecule has 3 aromatic rings. The fourth-order valence-electron chi connectivity index (χ4n) is 3.32. The third kappa shape index (κ3) is 5.46. The van der Waals surface area contributed by atoms with E-state index in [1.54, 1.807) is 6.07 Å². The molecule has 148 valence electrons. The van der Waals surface area contributed by atoms with Crippen molar-refractivity contribution in [3.63, 3.8) is 0 Å². The van der Waals surface area contributed by atoms with E-state index >= 15 is 0 Å². The molecule has 0 aliphatic carbocycles. The highest BCUT2D eigenvalue weighted by Crippen LogP contribution is 2.29. The van der Waals surface area contributed by atoms with Crippen molar-refractivity contribution in [3.8, 4) is 5.75 Å². The van der Waals surface area contributed by atoms with Gasteiger partial charge in [0, 0.05) is 17.7 Å². The van der Waals surface area contributed by atoms with E-state index in [0.29, 0.717) is 11.6 Å². The summed E-state index contributed by atoms with van der Waals surface area (Å²) in [6.45, 7) is 4.27. The van der Waals surface area contributed by atoms with Crippen molar-refractivity contribution in [3.05, 3.63) is 76.6 Å². The molecule has 0 aromatic heterocycles. The number of hydrogen-bond donors (Lipinski definition) is 1. The number of hydrogen-bond acceptors (Lipinski definition) is 2. The van der Waals surface area contributed by atoms with Crippen LogP contribution in [0.1, 0.15) is 43.7 Å². The number of benzene rings is 3. The van der Waals surface area contributed by atoms with E-state index in [2.05, 4.69) is 30.4 Å². The van der Waals surface area contributed by atoms with E-state index in [9.17, 15) is 4.39 Å². The molecule has 4 heteroatoms. The summed E-state index contributed by atoms with van der Waals surface area (Å²) in [6.07, 6.45) is 4.96. The van der Waals surface area contributed by atoms with Gasteiger partial charge in [-0.3, -0.25) is 0 Å². The number of ether oxygens (including phenoxy) is 1. The SMILES string of the molecule is CCCCCCNCc1c(OCc2ccc(F)cc2Cl)ccc2ccccc12. The molecule has 0 amide bonds. The first-order chi connectivity index (χ1) is 13.7. The molecule has 0 atom stereocenters. The number of fused-ring (bicyclic) bond motifs is 1. The second-order valence-corrected chi connectivity index (χ2v) is 7.43. The van der Waals surface area contributed by atoms with E-state index in [-0.39, 0.29) is 5.82 Å². The standard InChI is InChI=1S/C24H27ClFNO/c1-2-3-4-7-14-27-16-22-21-9-6-5-8-18(21)11-13-24(22)28-17-19-10-12-20(26)15-23(19)25/h5-6,8-13,15,27H,2-4,7,14,16-17H2,1H3. The van der Waals surface area contributed by atoms with Crippen molar-refractivity contribution in [2.75, 3.05) is 6.54 Å². The van der Waals surface area contributed by atoms with Gasteiger partial charge in [-0.05, 0) is 41.9 Å². The highest BCUT2D eigenvalue weighted by atomic mass is 35.5. The van der Waals surface area contributed by atoms with Gasteiger partial charge in [-0.15, -0.1) is 0 Å². The second-order valence-electron chi connectivity index (χ2n) is 7.03. The van der Waals surface area contributed by atoms with E-state index in [1.807, 2.05) is 18.2 Å². The first kappa shape index (κ1) is 20.6. The van der Waals surface area contributed by atoms with Crippen molar-refractivity contribution in [2.24, 2.45) is 0 Å². The zero-order chi connectivity index (χ0) is 19.8.